The van der Waals surface area contributed by atoms with Crippen LogP contribution >= 0.6 is 0 Å². The fourth-order valence-corrected chi connectivity index (χ4v) is 3.40. The number of methoxy groups -OCH3 is 1. The van der Waals surface area contributed by atoms with E-state index in [0.29, 0.717) is 12.4 Å². The number of amides is 1. The SMILES string of the molecule is CCOc1ccc(OCC(=O)N2CCCN(Cc3ccc(OC)cc3)CC2)cc1. The second kappa shape index (κ2) is 10.7. The van der Waals surface area contributed by atoms with Gasteiger partial charge < -0.3 is 19.1 Å². The molecule has 6 nitrogen and oxygen atoms in total. The van der Waals surface area contributed by atoms with E-state index in [2.05, 4.69) is 17.0 Å². The van der Waals surface area contributed by atoms with Gasteiger partial charge in [-0.2, -0.15) is 0 Å². The first-order valence-electron chi connectivity index (χ1n) is 10.2. The van der Waals surface area contributed by atoms with Gasteiger partial charge in [-0.15, -0.1) is 0 Å². The molecular weight excluding hydrogens is 368 g/mol. The van der Waals surface area contributed by atoms with Crippen LogP contribution in [-0.4, -0.2) is 62.2 Å². The van der Waals surface area contributed by atoms with E-state index >= 15 is 0 Å². The van der Waals surface area contributed by atoms with Crippen molar-refractivity contribution in [3.05, 3.63) is 54.1 Å². The molecule has 2 aromatic rings. The summed E-state index contributed by atoms with van der Waals surface area (Å²) >= 11 is 0. The number of hydrogen-bond donors (Lipinski definition) is 0. The number of nitrogens with zero attached hydrogens (tertiary/aromatic N) is 2. The van der Waals surface area contributed by atoms with Crippen molar-refractivity contribution in [3.8, 4) is 17.2 Å². The molecule has 156 valence electrons. The van der Waals surface area contributed by atoms with Gasteiger partial charge in [0.25, 0.3) is 5.91 Å². The maximum absolute atomic E-state index is 12.6. The van der Waals surface area contributed by atoms with Gasteiger partial charge >= 0.3 is 0 Å². The first kappa shape index (κ1) is 21.0. The predicted molar refractivity (Wildman–Crippen MR) is 113 cm³/mol. The minimum atomic E-state index is 0.0326. The van der Waals surface area contributed by atoms with Crippen molar-refractivity contribution in [3.63, 3.8) is 0 Å². The molecule has 0 unspecified atom stereocenters. The van der Waals surface area contributed by atoms with Crippen LogP contribution in [0.3, 0.4) is 0 Å². The van der Waals surface area contributed by atoms with Crippen LogP contribution in [-0.2, 0) is 11.3 Å². The number of benzene rings is 2. The van der Waals surface area contributed by atoms with Crippen molar-refractivity contribution in [1.82, 2.24) is 9.80 Å². The Morgan fingerprint density at radius 1 is 0.862 bits per heavy atom. The third-order valence-corrected chi connectivity index (χ3v) is 5.00. The van der Waals surface area contributed by atoms with E-state index in [0.717, 1.165) is 50.6 Å². The van der Waals surface area contributed by atoms with Crippen molar-refractivity contribution in [1.29, 1.82) is 0 Å². The summed E-state index contributed by atoms with van der Waals surface area (Å²) in [6.45, 7) is 6.86. The summed E-state index contributed by atoms with van der Waals surface area (Å²) < 4.78 is 16.3. The summed E-state index contributed by atoms with van der Waals surface area (Å²) in [5, 5.41) is 0. The van der Waals surface area contributed by atoms with Crippen LogP contribution in [0.4, 0.5) is 0 Å². The van der Waals surface area contributed by atoms with Gasteiger partial charge in [-0.3, -0.25) is 9.69 Å². The second-order valence-corrected chi connectivity index (χ2v) is 7.05. The topological polar surface area (TPSA) is 51.2 Å². The van der Waals surface area contributed by atoms with Crippen LogP contribution in [0, 0.1) is 0 Å². The van der Waals surface area contributed by atoms with E-state index in [1.54, 1.807) is 7.11 Å². The monoisotopic (exact) mass is 398 g/mol. The average molecular weight is 399 g/mol. The van der Waals surface area contributed by atoms with E-state index in [1.807, 2.05) is 48.2 Å². The summed E-state index contributed by atoms with van der Waals surface area (Å²) in [6, 6.07) is 15.5. The van der Waals surface area contributed by atoms with Crippen molar-refractivity contribution in [2.45, 2.75) is 19.9 Å². The summed E-state index contributed by atoms with van der Waals surface area (Å²) in [7, 11) is 1.68. The van der Waals surface area contributed by atoms with E-state index in [4.69, 9.17) is 14.2 Å². The maximum atomic E-state index is 12.6. The highest BCUT2D eigenvalue weighted by atomic mass is 16.5. The molecular formula is C23H30N2O4. The predicted octanol–water partition coefficient (Wildman–Crippen LogP) is 3.21. The fraction of sp³-hybridized carbons (Fsp3) is 0.435. The average Bonchev–Trinajstić information content (AvgIpc) is 2.99. The molecule has 29 heavy (non-hydrogen) atoms. The van der Waals surface area contributed by atoms with Crippen LogP contribution in [0.1, 0.15) is 18.9 Å². The summed E-state index contributed by atoms with van der Waals surface area (Å²) in [4.78, 5) is 16.9. The van der Waals surface area contributed by atoms with Crippen LogP contribution in [0.15, 0.2) is 48.5 Å². The molecule has 0 saturated carbocycles. The van der Waals surface area contributed by atoms with Gasteiger partial charge in [0.2, 0.25) is 0 Å². The molecule has 0 spiro atoms. The Labute approximate surface area is 173 Å². The van der Waals surface area contributed by atoms with Crippen molar-refractivity contribution < 1.29 is 19.0 Å². The standard InChI is InChI=1S/C23H30N2O4/c1-3-28-21-9-11-22(12-10-21)29-18-23(26)25-14-4-13-24(15-16-25)17-19-5-7-20(27-2)8-6-19/h5-12H,3-4,13-18H2,1-2H3. The molecule has 0 radical (unpaired) electrons. The molecule has 0 atom stereocenters. The molecule has 0 aromatic heterocycles. The van der Waals surface area contributed by atoms with Gasteiger partial charge in [0, 0.05) is 32.7 Å². The summed E-state index contributed by atoms with van der Waals surface area (Å²) in [5.74, 6) is 2.38. The molecule has 0 N–H and O–H groups in total. The largest absolute Gasteiger partial charge is 0.497 e. The van der Waals surface area contributed by atoms with Gasteiger partial charge in [-0.25, -0.2) is 0 Å². The maximum Gasteiger partial charge on any atom is 0.260 e. The molecule has 2 aromatic carbocycles. The quantitative estimate of drug-likeness (QED) is 0.684. The van der Waals surface area contributed by atoms with Gasteiger partial charge in [0.15, 0.2) is 6.61 Å². The van der Waals surface area contributed by atoms with Gasteiger partial charge in [0.1, 0.15) is 17.2 Å². The molecule has 1 aliphatic rings. The molecule has 1 amide bonds. The molecule has 1 aliphatic heterocycles. The van der Waals surface area contributed by atoms with Crippen LogP contribution in [0.25, 0.3) is 0 Å². The lowest BCUT2D eigenvalue weighted by molar-refractivity contribution is -0.133. The molecule has 3 rings (SSSR count). The van der Waals surface area contributed by atoms with Gasteiger partial charge in [-0.05, 0) is 55.3 Å². The first-order chi connectivity index (χ1) is 14.2. The third-order valence-electron chi connectivity index (χ3n) is 5.00. The first-order valence-corrected chi connectivity index (χ1v) is 10.2. The lowest BCUT2D eigenvalue weighted by Crippen LogP contribution is -2.38. The Hall–Kier alpha value is -2.73. The highest BCUT2D eigenvalue weighted by Crippen LogP contribution is 2.18. The van der Waals surface area contributed by atoms with Crippen LogP contribution < -0.4 is 14.2 Å². The van der Waals surface area contributed by atoms with Crippen molar-refractivity contribution in [2.24, 2.45) is 0 Å². The van der Waals surface area contributed by atoms with Crippen LogP contribution in [0.5, 0.6) is 17.2 Å². The summed E-state index contributed by atoms with van der Waals surface area (Å²) in [5.41, 5.74) is 1.25. The Morgan fingerprint density at radius 2 is 1.52 bits per heavy atom. The van der Waals surface area contributed by atoms with E-state index in [1.165, 1.54) is 5.56 Å². The number of hydrogen-bond acceptors (Lipinski definition) is 5. The Kier molecular flexibility index (Phi) is 7.76. The van der Waals surface area contributed by atoms with Crippen LogP contribution in [0.2, 0.25) is 0 Å². The molecule has 0 bridgehead atoms. The smallest absolute Gasteiger partial charge is 0.260 e. The highest BCUT2D eigenvalue weighted by molar-refractivity contribution is 5.77. The number of rotatable bonds is 8. The minimum absolute atomic E-state index is 0.0326. The number of ether oxygens (including phenoxy) is 3. The van der Waals surface area contributed by atoms with Crippen molar-refractivity contribution in [2.75, 3.05) is 46.5 Å². The highest BCUT2D eigenvalue weighted by Gasteiger charge is 2.19. The molecule has 1 fully saturated rings. The lowest BCUT2D eigenvalue weighted by Gasteiger charge is -2.22. The van der Waals surface area contributed by atoms with Gasteiger partial charge in [-0.1, -0.05) is 12.1 Å². The zero-order chi connectivity index (χ0) is 20.5. The lowest BCUT2D eigenvalue weighted by atomic mass is 10.2. The van der Waals surface area contributed by atoms with Crippen molar-refractivity contribution >= 4 is 5.91 Å². The summed E-state index contributed by atoms with van der Waals surface area (Å²) in [6.07, 6.45) is 0.963. The van der Waals surface area contributed by atoms with E-state index in [-0.39, 0.29) is 12.5 Å². The minimum Gasteiger partial charge on any atom is -0.497 e. The zero-order valence-electron chi connectivity index (χ0n) is 17.3. The zero-order valence-corrected chi connectivity index (χ0v) is 17.3. The Balaban J connectivity index is 1.44. The van der Waals surface area contributed by atoms with E-state index in [9.17, 15) is 4.79 Å². The molecule has 6 heteroatoms. The normalized spacial score (nSPS) is 14.9. The molecule has 1 saturated heterocycles. The second-order valence-electron chi connectivity index (χ2n) is 7.05. The number of carbonyl (C=O) groups excluding carboxylic acids is 1. The molecule has 0 aliphatic carbocycles. The van der Waals surface area contributed by atoms with E-state index < -0.39 is 0 Å². The fourth-order valence-electron chi connectivity index (χ4n) is 3.40. The number of carbonyl (C=O) groups is 1. The Bertz CT molecular complexity index is 761. The molecule has 1 heterocycles. The Morgan fingerprint density at radius 3 is 2.17 bits per heavy atom. The van der Waals surface area contributed by atoms with Gasteiger partial charge in [0.05, 0.1) is 13.7 Å². The third kappa shape index (κ3) is 6.39.